The SMILES string of the molecule is CC(O)C(C)(C)NS(=O)(=O)c1cccnc1Cl. The zero-order valence-corrected chi connectivity index (χ0v) is 11.4. The van der Waals surface area contributed by atoms with Crippen molar-refractivity contribution in [2.24, 2.45) is 0 Å². The first kappa shape index (κ1) is 14.4. The van der Waals surface area contributed by atoms with Gasteiger partial charge in [0, 0.05) is 6.20 Å². The van der Waals surface area contributed by atoms with Gasteiger partial charge in [-0.15, -0.1) is 0 Å². The molecule has 2 N–H and O–H groups in total. The molecule has 7 heteroatoms. The number of aromatic nitrogens is 1. The Morgan fingerprint density at radius 3 is 2.59 bits per heavy atom. The molecule has 0 fully saturated rings. The third-order valence-corrected chi connectivity index (χ3v) is 4.57. The predicted molar refractivity (Wildman–Crippen MR) is 65.3 cm³/mol. The van der Waals surface area contributed by atoms with E-state index in [4.69, 9.17) is 11.6 Å². The maximum atomic E-state index is 12.0. The summed E-state index contributed by atoms with van der Waals surface area (Å²) in [6, 6.07) is 2.84. The summed E-state index contributed by atoms with van der Waals surface area (Å²) >= 11 is 5.72. The maximum Gasteiger partial charge on any atom is 0.244 e. The Bertz CT molecular complexity index is 500. The first-order valence-corrected chi connectivity index (χ1v) is 6.85. The number of halogens is 1. The van der Waals surface area contributed by atoms with E-state index in [1.165, 1.54) is 25.3 Å². The molecule has 17 heavy (non-hydrogen) atoms. The molecule has 0 aliphatic rings. The fourth-order valence-electron chi connectivity index (χ4n) is 1.06. The van der Waals surface area contributed by atoms with Gasteiger partial charge in [0.25, 0.3) is 0 Å². The van der Waals surface area contributed by atoms with Crippen LogP contribution in [-0.2, 0) is 10.0 Å². The lowest BCUT2D eigenvalue weighted by atomic mass is 10.0. The lowest BCUT2D eigenvalue weighted by Gasteiger charge is -2.28. The number of aliphatic hydroxyl groups is 1. The number of aliphatic hydroxyl groups excluding tert-OH is 1. The molecule has 0 amide bonds. The van der Waals surface area contributed by atoms with Gasteiger partial charge < -0.3 is 5.11 Å². The van der Waals surface area contributed by atoms with E-state index in [0.717, 1.165) is 0 Å². The molecule has 1 aromatic rings. The predicted octanol–water partition coefficient (Wildman–Crippen LogP) is 1.17. The normalized spacial score (nSPS) is 14.6. The summed E-state index contributed by atoms with van der Waals surface area (Å²) in [4.78, 5) is 3.60. The Morgan fingerprint density at radius 2 is 2.12 bits per heavy atom. The highest BCUT2D eigenvalue weighted by atomic mass is 35.5. The number of sulfonamides is 1. The van der Waals surface area contributed by atoms with Crippen molar-refractivity contribution >= 4 is 21.6 Å². The molecule has 0 bridgehead atoms. The highest BCUT2D eigenvalue weighted by molar-refractivity contribution is 7.89. The Hall–Kier alpha value is -0.690. The molecule has 1 unspecified atom stereocenters. The van der Waals surface area contributed by atoms with Gasteiger partial charge in [0.05, 0.1) is 11.6 Å². The number of nitrogens with one attached hydrogen (secondary N) is 1. The molecule has 1 atom stereocenters. The van der Waals surface area contributed by atoms with Crippen LogP contribution in [0.4, 0.5) is 0 Å². The van der Waals surface area contributed by atoms with Crippen molar-refractivity contribution in [1.29, 1.82) is 0 Å². The smallest absolute Gasteiger partial charge is 0.244 e. The molecule has 96 valence electrons. The lowest BCUT2D eigenvalue weighted by molar-refractivity contribution is 0.111. The van der Waals surface area contributed by atoms with Crippen LogP contribution >= 0.6 is 11.6 Å². The molecule has 1 heterocycles. The number of rotatable bonds is 4. The van der Waals surface area contributed by atoms with Crippen LogP contribution in [0.5, 0.6) is 0 Å². The number of hydrogen-bond acceptors (Lipinski definition) is 4. The highest BCUT2D eigenvalue weighted by Gasteiger charge is 2.31. The average molecular weight is 279 g/mol. The second kappa shape index (κ2) is 4.89. The Morgan fingerprint density at radius 1 is 1.53 bits per heavy atom. The van der Waals surface area contributed by atoms with Crippen LogP contribution in [0.3, 0.4) is 0 Å². The van der Waals surface area contributed by atoms with E-state index in [1.807, 2.05) is 0 Å². The largest absolute Gasteiger partial charge is 0.391 e. The molecule has 0 aliphatic heterocycles. The standard InChI is InChI=1S/C10H15ClN2O3S/c1-7(14)10(2,3)13-17(15,16)8-5-4-6-12-9(8)11/h4-7,13-14H,1-3H3. The van der Waals surface area contributed by atoms with Gasteiger partial charge in [0.2, 0.25) is 10.0 Å². The molecule has 5 nitrogen and oxygen atoms in total. The summed E-state index contributed by atoms with van der Waals surface area (Å²) in [5.74, 6) is 0. The summed E-state index contributed by atoms with van der Waals surface area (Å²) in [5, 5.41) is 9.39. The van der Waals surface area contributed by atoms with E-state index >= 15 is 0 Å². The monoisotopic (exact) mass is 278 g/mol. The van der Waals surface area contributed by atoms with Crippen molar-refractivity contribution in [2.45, 2.75) is 37.3 Å². The van der Waals surface area contributed by atoms with Crippen molar-refractivity contribution < 1.29 is 13.5 Å². The Labute approximate surface area is 106 Å². The second-order valence-corrected chi connectivity index (χ2v) is 6.30. The molecular formula is C10H15ClN2O3S. The molecular weight excluding hydrogens is 264 g/mol. The zero-order chi connectivity index (χ0) is 13.3. The number of hydrogen-bond donors (Lipinski definition) is 2. The average Bonchev–Trinajstić information content (AvgIpc) is 2.16. The van der Waals surface area contributed by atoms with E-state index in [9.17, 15) is 13.5 Å². The van der Waals surface area contributed by atoms with Crippen molar-refractivity contribution in [3.63, 3.8) is 0 Å². The van der Waals surface area contributed by atoms with Gasteiger partial charge in [0.15, 0.2) is 0 Å². The van der Waals surface area contributed by atoms with Gasteiger partial charge in [-0.2, -0.15) is 0 Å². The fourth-order valence-corrected chi connectivity index (χ4v) is 2.99. The minimum Gasteiger partial charge on any atom is -0.391 e. The van der Waals surface area contributed by atoms with E-state index < -0.39 is 21.7 Å². The minimum absolute atomic E-state index is 0.0959. The summed E-state index contributed by atoms with van der Waals surface area (Å²) < 4.78 is 26.4. The first-order valence-electron chi connectivity index (χ1n) is 4.99. The molecule has 0 saturated carbocycles. The van der Waals surface area contributed by atoms with E-state index in [-0.39, 0.29) is 10.0 Å². The molecule has 0 spiro atoms. The molecule has 0 radical (unpaired) electrons. The first-order chi connectivity index (χ1) is 7.67. The summed E-state index contributed by atoms with van der Waals surface area (Å²) in [5.41, 5.74) is -0.988. The van der Waals surface area contributed by atoms with Gasteiger partial charge in [0.1, 0.15) is 10.0 Å². The van der Waals surface area contributed by atoms with Gasteiger partial charge in [-0.25, -0.2) is 18.1 Å². The van der Waals surface area contributed by atoms with E-state index in [1.54, 1.807) is 13.8 Å². The Kier molecular flexibility index (Phi) is 4.14. The summed E-state index contributed by atoms with van der Waals surface area (Å²) in [6.07, 6.45) is 0.564. The van der Waals surface area contributed by atoms with Gasteiger partial charge in [-0.1, -0.05) is 11.6 Å². The lowest BCUT2D eigenvalue weighted by Crippen LogP contribution is -2.50. The van der Waals surface area contributed by atoms with Crippen molar-refractivity contribution in [3.8, 4) is 0 Å². The van der Waals surface area contributed by atoms with Crippen molar-refractivity contribution in [1.82, 2.24) is 9.71 Å². The van der Waals surface area contributed by atoms with Crippen molar-refractivity contribution in [3.05, 3.63) is 23.5 Å². The summed E-state index contributed by atoms with van der Waals surface area (Å²) in [7, 11) is -3.80. The Balaban J connectivity index is 3.11. The quantitative estimate of drug-likeness (QED) is 0.811. The zero-order valence-electron chi connectivity index (χ0n) is 9.81. The van der Waals surface area contributed by atoms with Gasteiger partial charge in [-0.3, -0.25) is 0 Å². The van der Waals surface area contributed by atoms with Crippen molar-refractivity contribution in [2.75, 3.05) is 0 Å². The molecule has 0 aliphatic carbocycles. The van der Waals surface area contributed by atoms with Crippen LogP contribution in [0, 0.1) is 0 Å². The maximum absolute atomic E-state index is 12.0. The van der Waals surface area contributed by atoms with Crippen LogP contribution in [0.1, 0.15) is 20.8 Å². The highest BCUT2D eigenvalue weighted by Crippen LogP contribution is 2.20. The molecule has 1 aromatic heterocycles. The summed E-state index contributed by atoms with van der Waals surface area (Å²) in [6.45, 7) is 4.67. The molecule has 0 aromatic carbocycles. The fraction of sp³-hybridized carbons (Fsp3) is 0.500. The van der Waals surface area contributed by atoms with Gasteiger partial charge in [-0.05, 0) is 32.9 Å². The minimum atomic E-state index is -3.80. The van der Waals surface area contributed by atoms with E-state index in [2.05, 4.69) is 9.71 Å². The van der Waals surface area contributed by atoms with Gasteiger partial charge >= 0.3 is 0 Å². The number of nitrogens with zero attached hydrogens (tertiary/aromatic N) is 1. The van der Waals surface area contributed by atoms with Crippen LogP contribution in [0.2, 0.25) is 5.15 Å². The third kappa shape index (κ3) is 3.38. The van der Waals surface area contributed by atoms with Crippen LogP contribution in [-0.4, -0.2) is 30.2 Å². The molecule has 0 saturated heterocycles. The van der Waals surface area contributed by atoms with Crippen LogP contribution in [0.15, 0.2) is 23.2 Å². The van der Waals surface area contributed by atoms with Crippen LogP contribution in [0.25, 0.3) is 0 Å². The number of pyridine rings is 1. The third-order valence-electron chi connectivity index (χ3n) is 2.46. The topological polar surface area (TPSA) is 79.3 Å². The second-order valence-electron chi connectivity index (χ2n) is 4.30. The van der Waals surface area contributed by atoms with Crippen LogP contribution < -0.4 is 4.72 Å². The van der Waals surface area contributed by atoms with E-state index in [0.29, 0.717) is 0 Å². The molecule has 1 rings (SSSR count).